The number of nitrogens with zero attached hydrogens (tertiary/aromatic N) is 2. The van der Waals surface area contributed by atoms with E-state index >= 15 is 0 Å². The van der Waals surface area contributed by atoms with E-state index in [0.717, 1.165) is 41.4 Å². The Hall–Kier alpha value is -2.53. The van der Waals surface area contributed by atoms with Gasteiger partial charge in [0.25, 0.3) is 5.91 Å². The molecule has 3 aromatic rings. The molecule has 1 aliphatic carbocycles. The first-order chi connectivity index (χ1) is 12.3. The third-order valence-electron chi connectivity index (χ3n) is 4.49. The van der Waals surface area contributed by atoms with E-state index in [-0.39, 0.29) is 5.91 Å². The molecule has 0 saturated carbocycles. The molecular weight excluding hydrogens is 330 g/mol. The van der Waals surface area contributed by atoms with Gasteiger partial charge in [0.05, 0.1) is 16.9 Å². The number of benzene rings is 2. The van der Waals surface area contributed by atoms with Crippen molar-refractivity contribution in [2.45, 2.75) is 24.2 Å². The van der Waals surface area contributed by atoms with Gasteiger partial charge in [-0.3, -0.25) is 4.79 Å². The number of anilines is 1. The number of aryl methyl sites for hydroxylation is 1. The van der Waals surface area contributed by atoms with E-state index in [0.29, 0.717) is 5.56 Å². The highest BCUT2D eigenvalue weighted by molar-refractivity contribution is 7.98. The van der Waals surface area contributed by atoms with E-state index in [1.165, 1.54) is 5.56 Å². The Kier molecular flexibility index (Phi) is 4.32. The molecule has 0 spiro atoms. The van der Waals surface area contributed by atoms with Crippen molar-refractivity contribution in [1.29, 1.82) is 0 Å². The Labute approximate surface area is 151 Å². The van der Waals surface area contributed by atoms with E-state index in [1.807, 2.05) is 65.5 Å². The number of thioether (sulfide) groups is 1. The van der Waals surface area contributed by atoms with Gasteiger partial charge < -0.3 is 5.32 Å². The third kappa shape index (κ3) is 2.96. The average Bonchev–Trinajstić information content (AvgIpc) is 3.25. The highest BCUT2D eigenvalue weighted by atomic mass is 32.2. The molecule has 4 rings (SSSR count). The van der Waals surface area contributed by atoms with Gasteiger partial charge in [0.1, 0.15) is 5.82 Å². The molecule has 5 heteroatoms. The van der Waals surface area contributed by atoms with Gasteiger partial charge in [0.2, 0.25) is 0 Å². The lowest BCUT2D eigenvalue weighted by molar-refractivity contribution is 0.102. The number of rotatable bonds is 4. The molecule has 126 valence electrons. The number of carbonyl (C=O) groups excluding carboxylic acids is 1. The van der Waals surface area contributed by atoms with Crippen LogP contribution in [0.15, 0.2) is 59.5 Å². The Balaban J connectivity index is 1.74. The maximum atomic E-state index is 12.9. The number of hydrogen-bond donors (Lipinski definition) is 1. The number of para-hydroxylation sites is 1. The molecule has 0 aliphatic heterocycles. The Morgan fingerprint density at radius 3 is 2.64 bits per heavy atom. The predicted octanol–water partition coefficient (Wildman–Crippen LogP) is 4.34. The quantitative estimate of drug-likeness (QED) is 0.713. The van der Waals surface area contributed by atoms with Crippen LogP contribution in [-0.2, 0) is 12.8 Å². The summed E-state index contributed by atoms with van der Waals surface area (Å²) in [5, 5.41) is 7.88. The predicted molar refractivity (Wildman–Crippen MR) is 102 cm³/mol. The van der Waals surface area contributed by atoms with Gasteiger partial charge in [-0.15, -0.1) is 11.8 Å². The summed E-state index contributed by atoms with van der Waals surface area (Å²) in [6, 6.07) is 17.6. The lowest BCUT2D eigenvalue weighted by atomic mass is 10.2. The van der Waals surface area contributed by atoms with Crippen LogP contribution in [0.3, 0.4) is 0 Å². The van der Waals surface area contributed by atoms with Gasteiger partial charge in [0.15, 0.2) is 0 Å². The van der Waals surface area contributed by atoms with Crippen LogP contribution in [0.2, 0.25) is 0 Å². The molecule has 4 nitrogen and oxygen atoms in total. The lowest BCUT2D eigenvalue weighted by Crippen LogP contribution is -2.17. The van der Waals surface area contributed by atoms with Crippen LogP contribution >= 0.6 is 11.8 Å². The fourth-order valence-corrected chi connectivity index (χ4v) is 3.88. The SMILES string of the molecule is CSc1ccccc1C(=O)Nc1c2c(nn1-c1ccccc1)CCC2. The van der Waals surface area contributed by atoms with Gasteiger partial charge in [0, 0.05) is 10.5 Å². The zero-order valence-corrected chi connectivity index (χ0v) is 14.8. The molecule has 1 N–H and O–H groups in total. The van der Waals surface area contributed by atoms with Crippen molar-refractivity contribution in [3.05, 3.63) is 71.4 Å². The summed E-state index contributed by atoms with van der Waals surface area (Å²) in [6.45, 7) is 0. The zero-order chi connectivity index (χ0) is 17.2. The summed E-state index contributed by atoms with van der Waals surface area (Å²) < 4.78 is 1.86. The molecule has 1 amide bonds. The molecule has 0 bridgehead atoms. The van der Waals surface area contributed by atoms with Crippen LogP contribution in [0, 0.1) is 0 Å². The van der Waals surface area contributed by atoms with Crippen molar-refractivity contribution in [1.82, 2.24) is 9.78 Å². The zero-order valence-electron chi connectivity index (χ0n) is 14.0. The van der Waals surface area contributed by atoms with Crippen LogP contribution in [0.4, 0.5) is 5.82 Å². The number of carbonyl (C=O) groups is 1. The summed E-state index contributed by atoms with van der Waals surface area (Å²) in [4.78, 5) is 13.9. The normalized spacial score (nSPS) is 12.8. The van der Waals surface area contributed by atoms with E-state index in [4.69, 9.17) is 5.10 Å². The molecule has 1 heterocycles. The first-order valence-electron chi connectivity index (χ1n) is 8.38. The molecule has 0 radical (unpaired) electrons. The van der Waals surface area contributed by atoms with Crippen LogP contribution in [0.1, 0.15) is 28.0 Å². The van der Waals surface area contributed by atoms with Crippen molar-refractivity contribution < 1.29 is 4.79 Å². The molecule has 2 aromatic carbocycles. The van der Waals surface area contributed by atoms with Crippen molar-refractivity contribution in [2.24, 2.45) is 0 Å². The molecule has 0 saturated heterocycles. The summed E-state index contributed by atoms with van der Waals surface area (Å²) in [5.41, 5.74) is 3.92. The molecule has 0 atom stereocenters. The minimum absolute atomic E-state index is 0.0864. The minimum Gasteiger partial charge on any atom is -0.306 e. The summed E-state index contributed by atoms with van der Waals surface area (Å²) >= 11 is 1.58. The lowest BCUT2D eigenvalue weighted by Gasteiger charge is -2.12. The van der Waals surface area contributed by atoms with Gasteiger partial charge in [-0.1, -0.05) is 30.3 Å². The monoisotopic (exact) mass is 349 g/mol. The summed E-state index contributed by atoms with van der Waals surface area (Å²) in [6.07, 6.45) is 5.01. The van der Waals surface area contributed by atoms with E-state index in [1.54, 1.807) is 11.8 Å². The smallest absolute Gasteiger partial charge is 0.257 e. The molecule has 0 unspecified atom stereocenters. The fourth-order valence-electron chi connectivity index (χ4n) is 3.28. The Morgan fingerprint density at radius 2 is 1.84 bits per heavy atom. The van der Waals surface area contributed by atoms with Gasteiger partial charge in [-0.25, -0.2) is 4.68 Å². The number of hydrogen-bond acceptors (Lipinski definition) is 3. The highest BCUT2D eigenvalue weighted by Gasteiger charge is 2.25. The molecule has 25 heavy (non-hydrogen) atoms. The average molecular weight is 349 g/mol. The standard InChI is InChI=1S/C20H19N3OS/c1-25-18-13-6-5-10-16(18)20(24)21-19-15-11-7-12-17(15)22-23(19)14-8-3-2-4-9-14/h2-6,8-10,13H,7,11-12H2,1H3,(H,21,24). The fraction of sp³-hybridized carbons (Fsp3) is 0.200. The number of fused-ring (bicyclic) bond motifs is 1. The second-order valence-corrected chi connectivity index (χ2v) is 6.88. The van der Waals surface area contributed by atoms with Gasteiger partial charge >= 0.3 is 0 Å². The van der Waals surface area contributed by atoms with Crippen LogP contribution in [0.25, 0.3) is 5.69 Å². The maximum Gasteiger partial charge on any atom is 0.257 e. The van der Waals surface area contributed by atoms with E-state index < -0.39 is 0 Å². The van der Waals surface area contributed by atoms with Crippen molar-refractivity contribution in [3.63, 3.8) is 0 Å². The first-order valence-corrected chi connectivity index (χ1v) is 9.61. The largest absolute Gasteiger partial charge is 0.306 e. The summed E-state index contributed by atoms with van der Waals surface area (Å²) in [7, 11) is 0. The Morgan fingerprint density at radius 1 is 1.08 bits per heavy atom. The molecule has 1 aromatic heterocycles. The molecular formula is C20H19N3OS. The number of nitrogens with one attached hydrogen (secondary N) is 1. The highest BCUT2D eigenvalue weighted by Crippen LogP contribution is 2.31. The Bertz CT molecular complexity index is 918. The van der Waals surface area contributed by atoms with Crippen molar-refractivity contribution in [3.8, 4) is 5.69 Å². The summed E-state index contributed by atoms with van der Waals surface area (Å²) in [5.74, 6) is 0.719. The van der Waals surface area contributed by atoms with E-state index in [2.05, 4.69) is 5.32 Å². The molecule has 1 aliphatic rings. The van der Waals surface area contributed by atoms with Gasteiger partial charge in [-0.05, 0) is 49.8 Å². The maximum absolute atomic E-state index is 12.9. The second kappa shape index (κ2) is 6.76. The van der Waals surface area contributed by atoms with Crippen LogP contribution in [-0.4, -0.2) is 21.9 Å². The topological polar surface area (TPSA) is 46.9 Å². The van der Waals surface area contributed by atoms with E-state index in [9.17, 15) is 4.79 Å². The van der Waals surface area contributed by atoms with Crippen LogP contribution in [0.5, 0.6) is 0 Å². The van der Waals surface area contributed by atoms with Crippen LogP contribution < -0.4 is 5.32 Å². The second-order valence-electron chi connectivity index (χ2n) is 6.03. The van der Waals surface area contributed by atoms with Crippen molar-refractivity contribution >= 4 is 23.5 Å². The minimum atomic E-state index is -0.0864. The number of amides is 1. The molecule has 0 fully saturated rings. The van der Waals surface area contributed by atoms with Gasteiger partial charge in [-0.2, -0.15) is 5.10 Å². The van der Waals surface area contributed by atoms with Crippen molar-refractivity contribution in [2.75, 3.05) is 11.6 Å². The number of aromatic nitrogens is 2. The third-order valence-corrected chi connectivity index (χ3v) is 5.29. The first kappa shape index (κ1) is 16.0.